The molecule has 1 aromatic carbocycles. The van der Waals surface area contributed by atoms with Crippen molar-refractivity contribution in [3.8, 4) is 0 Å². The van der Waals surface area contributed by atoms with Gasteiger partial charge >= 0.3 is 0 Å². The molecule has 6 heteroatoms. The van der Waals surface area contributed by atoms with Crippen LogP contribution in [-0.2, 0) is 0 Å². The standard InChI is InChI=1S/C14H13BrN4O/c15-11-5-1-9(2-6-11)8-16-19-14(20)13-7-12(17-18-13)10-3-4-10/h1-2,5-8,10H,3-4H2,(H,17,18)(H,19,20)/b16-8-. The Morgan fingerprint density at radius 1 is 1.40 bits per heavy atom. The molecule has 0 aliphatic heterocycles. The van der Waals surface area contributed by atoms with E-state index in [1.165, 1.54) is 12.8 Å². The number of hydrogen-bond donors (Lipinski definition) is 2. The van der Waals surface area contributed by atoms with Crippen molar-refractivity contribution in [2.75, 3.05) is 0 Å². The summed E-state index contributed by atoms with van der Waals surface area (Å²) in [6, 6.07) is 9.43. The first kappa shape index (κ1) is 13.1. The third kappa shape index (κ3) is 3.14. The number of H-pyrrole nitrogens is 1. The third-order valence-electron chi connectivity index (χ3n) is 3.10. The van der Waals surface area contributed by atoms with Crippen LogP contribution >= 0.6 is 15.9 Å². The van der Waals surface area contributed by atoms with Gasteiger partial charge in [0, 0.05) is 16.1 Å². The highest BCUT2D eigenvalue weighted by atomic mass is 79.9. The normalized spacial score (nSPS) is 14.7. The summed E-state index contributed by atoms with van der Waals surface area (Å²) in [5.74, 6) is 0.247. The molecular formula is C14H13BrN4O. The summed E-state index contributed by atoms with van der Waals surface area (Å²) in [6.07, 6.45) is 3.94. The average Bonchev–Trinajstić information content (AvgIpc) is 3.18. The minimum atomic E-state index is -0.304. The maximum Gasteiger partial charge on any atom is 0.291 e. The number of amides is 1. The number of benzene rings is 1. The van der Waals surface area contributed by atoms with Crippen molar-refractivity contribution >= 4 is 28.1 Å². The van der Waals surface area contributed by atoms with Gasteiger partial charge in [-0.3, -0.25) is 9.89 Å². The highest BCUT2D eigenvalue weighted by Gasteiger charge is 2.26. The van der Waals surface area contributed by atoms with E-state index in [9.17, 15) is 4.79 Å². The molecule has 0 unspecified atom stereocenters. The minimum Gasteiger partial charge on any atom is -0.281 e. The van der Waals surface area contributed by atoms with Crippen molar-refractivity contribution in [3.63, 3.8) is 0 Å². The predicted octanol–water partition coefficient (Wildman–Crippen LogP) is 2.81. The summed E-state index contributed by atoms with van der Waals surface area (Å²) in [5, 5.41) is 10.8. The molecule has 3 rings (SSSR count). The van der Waals surface area contributed by atoms with E-state index < -0.39 is 0 Å². The zero-order chi connectivity index (χ0) is 13.9. The van der Waals surface area contributed by atoms with E-state index in [0.717, 1.165) is 15.7 Å². The molecule has 1 amide bonds. The topological polar surface area (TPSA) is 70.1 Å². The van der Waals surface area contributed by atoms with E-state index in [4.69, 9.17) is 0 Å². The SMILES string of the molecule is O=C(N/N=C\c1ccc(Br)cc1)c1cc(C2CC2)[nH]n1. The Hall–Kier alpha value is -1.95. The molecular weight excluding hydrogens is 320 g/mol. The number of nitrogens with one attached hydrogen (secondary N) is 2. The number of halogens is 1. The van der Waals surface area contributed by atoms with Crippen molar-refractivity contribution in [1.82, 2.24) is 15.6 Å². The molecule has 0 atom stereocenters. The van der Waals surface area contributed by atoms with Gasteiger partial charge in [-0.25, -0.2) is 5.43 Å². The molecule has 0 bridgehead atoms. The second kappa shape index (κ2) is 5.58. The summed E-state index contributed by atoms with van der Waals surface area (Å²) in [7, 11) is 0. The molecule has 102 valence electrons. The van der Waals surface area contributed by atoms with Gasteiger partial charge in [-0.15, -0.1) is 0 Å². The van der Waals surface area contributed by atoms with Crippen LogP contribution in [0.4, 0.5) is 0 Å². The number of carbonyl (C=O) groups excluding carboxylic acids is 1. The maximum atomic E-state index is 11.8. The van der Waals surface area contributed by atoms with E-state index in [-0.39, 0.29) is 5.91 Å². The zero-order valence-corrected chi connectivity index (χ0v) is 12.2. The van der Waals surface area contributed by atoms with Crippen LogP contribution in [0, 0.1) is 0 Å². The smallest absolute Gasteiger partial charge is 0.281 e. The van der Waals surface area contributed by atoms with Crippen LogP contribution in [0.5, 0.6) is 0 Å². The number of carbonyl (C=O) groups is 1. The van der Waals surface area contributed by atoms with E-state index in [2.05, 4.69) is 36.7 Å². The van der Waals surface area contributed by atoms with Gasteiger partial charge < -0.3 is 0 Å². The largest absolute Gasteiger partial charge is 0.291 e. The van der Waals surface area contributed by atoms with Crippen LogP contribution in [0.1, 0.15) is 40.5 Å². The Balaban J connectivity index is 1.59. The Labute approximate surface area is 124 Å². The lowest BCUT2D eigenvalue weighted by molar-refractivity contribution is 0.0950. The summed E-state index contributed by atoms with van der Waals surface area (Å²) < 4.78 is 1.00. The quantitative estimate of drug-likeness (QED) is 0.667. The lowest BCUT2D eigenvalue weighted by atomic mass is 10.2. The van der Waals surface area contributed by atoms with Crippen LogP contribution < -0.4 is 5.43 Å². The van der Waals surface area contributed by atoms with Crippen molar-refractivity contribution in [2.45, 2.75) is 18.8 Å². The van der Waals surface area contributed by atoms with E-state index in [0.29, 0.717) is 11.6 Å². The molecule has 1 heterocycles. The fourth-order valence-electron chi connectivity index (χ4n) is 1.83. The number of aromatic amines is 1. The number of hydrazone groups is 1. The second-order valence-electron chi connectivity index (χ2n) is 4.73. The molecule has 0 radical (unpaired) electrons. The van der Waals surface area contributed by atoms with Crippen LogP contribution in [0.3, 0.4) is 0 Å². The molecule has 1 aliphatic rings. The van der Waals surface area contributed by atoms with Crippen molar-refractivity contribution in [1.29, 1.82) is 0 Å². The summed E-state index contributed by atoms with van der Waals surface area (Å²) in [6.45, 7) is 0. The molecule has 5 nitrogen and oxygen atoms in total. The first-order chi connectivity index (χ1) is 9.72. The highest BCUT2D eigenvalue weighted by molar-refractivity contribution is 9.10. The molecule has 0 saturated heterocycles. The molecule has 1 aromatic heterocycles. The lowest BCUT2D eigenvalue weighted by Gasteiger charge is -1.95. The molecule has 1 fully saturated rings. The van der Waals surface area contributed by atoms with Crippen LogP contribution in [0.2, 0.25) is 0 Å². The molecule has 1 saturated carbocycles. The van der Waals surface area contributed by atoms with Gasteiger partial charge in [-0.2, -0.15) is 10.2 Å². The van der Waals surface area contributed by atoms with Crippen molar-refractivity contribution in [3.05, 3.63) is 51.8 Å². The summed E-state index contributed by atoms with van der Waals surface area (Å²) in [4.78, 5) is 11.8. The molecule has 1 aliphatic carbocycles. The summed E-state index contributed by atoms with van der Waals surface area (Å²) in [5.41, 5.74) is 4.79. The Kier molecular flexibility index (Phi) is 3.64. The van der Waals surface area contributed by atoms with Gasteiger partial charge in [0.25, 0.3) is 5.91 Å². The van der Waals surface area contributed by atoms with Gasteiger partial charge in [-0.1, -0.05) is 28.1 Å². The van der Waals surface area contributed by atoms with Crippen molar-refractivity contribution < 1.29 is 4.79 Å². The number of rotatable bonds is 4. The van der Waals surface area contributed by atoms with Gasteiger partial charge in [0.15, 0.2) is 5.69 Å². The highest BCUT2D eigenvalue weighted by Crippen LogP contribution is 2.38. The van der Waals surface area contributed by atoms with Crippen LogP contribution in [0.15, 0.2) is 39.9 Å². The molecule has 0 spiro atoms. The monoisotopic (exact) mass is 332 g/mol. The Morgan fingerprint density at radius 3 is 2.85 bits per heavy atom. The van der Waals surface area contributed by atoms with Gasteiger partial charge in [0.2, 0.25) is 0 Å². The van der Waals surface area contributed by atoms with Gasteiger partial charge in [-0.05, 0) is 36.6 Å². The number of hydrogen-bond acceptors (Lipinski definition) is 3. The van der Waals surface area contributed by atoms with Crippen molar-refractivity contribution in [2.24, 2.45) is 5.10 Å². The molecule has 2 aromatic rings. The Bertz CT molecular complexity index is 643. The first-order valence-corrected chi connectivity index (χ1v) is 7.16. The lowest BCUT2D eigenvalue weighted by Crippen LogP contribution is -2.18. The zero-order valence-electron chi connectivity index (χ0n) is 10.6. The van der Waals surface area contributed by atoms with E-state index in [1.807, 2.05) is 24.3 Å². The minimum absolute atomic E-state index is 0.304. The van der Waals surface area contributed by atoms with Gasteiger partial charge in [0.1, 0.15) is 0 Å². The van der Waals surface area contributed by atoms with Crippen LogP contribution in [-0.4, -0.2) is 22.3 Å². The third-order valence-corrected chi connectivity index (χ3v) is 3.63. The fraction of sp³-hybridized carbons (Fsp3) is 0.214. The summed E-state index contributed by atoms with van der Waals surface area (Å²) >= 11 is 3.36. The second-order valence-corrected chi connectivity index (χ2v) is 5.65. The Morgan fingerprint density at radius 2 is 2.15 bits per heavy atom. The van der Waals surface area contributed by atoms with Crippen LogP contribution in [0.25, 0.3) is 0 Å². The molecule has 20 heavy (non-hydrogen) atoms. The first-order valence-electron chi connectivity index (χ1n) is 6.36. The van der Waals surface area contributed by atoms with E-state index in [1.54, 1.807) is 12.3 Å². The fourth-order valence-corrected chi connectivity index (χ4v) is 2.09. The van der Waals surface area contributed by atoms with E-state index >= 15 is 0 Å². The number of nitrogens with zero attached hydrogens (tertiary/aromatic N) is 2. The van der Waals surface area contributed by atoms with Gasteiger partial charge in [0.05, 0.1) is 6.21 Å². The molecule has 2 N–H and O–H groups in total. The predicted molar refractivity (Wildman–Crippen MR) is 79.8 cm³/mol. The maximum absolute atomic E-state index is 11.8. The number of aromatic nitrogens is 2. The average molecular weight is 333 g/mol.